The number of rotatable bonds is 4. The van der Waals surface area contributed by atoms with Crippen LogP contribution in [-0.2, 0) is 15.8 Å². The molecule has 26 heavy (non-hydrogen) atoms. The molecule has 1 heterocycles. The van der Waals surface area contributed by atoms with Crippen molar-refractivity contribution < 1.29 is 14.1 Å². The average molecular weight is 363 g/mol. The third-order valence-corrected chi connectivity index (χ3v) is 6.06. The van der Waals surface area contributed by atoms with Gasteiger partial charge in [-0.05, 0) is 34.9 Å². The molecule has 3 aromatic rings. The number of fused-ring (bicyclic) bond motifs is 1. The highest BCUT2D eigenvalue weighted by atomic mass is 32.2. The number of benzene rings is 3. The van der Waals surface area contributed by atoms with E-state index in [2.05, 4.69) is 0 Å². The van der Waals surface area contributed by atoms with Gasteiger partial charge in [0.05, 0.1) is 23.0 Å². The number of anilines is 1. The molecule has 4 rings (SSSR count). The Hall–Kier alpha value is -2.92. The second-order valence-electron chi connectivity index (χ2n) is 6.14. The molecule has 4 nitrogen and oxygen atoms in total. The summed E-state index contributed by atoms with van der Waals surface area (Å²) in [7, 11) is -1.45. The van der Waals surface area contributed by atoms with Crippen LogP contribution in [0.4, 0.5) is 5.69 Å². The highest BCUT2D eigenvalue weighted by Crippen LogP contribution is 2.43. The minimum atomic E-state index is -1.45. The van der Waals surface area contributed by atoms with Crippen LogP contribution >= 0.6 is 0 Å². The summed E-state index contributed by atoms with van der Waals surface area (Å²) < 4.78 is 14.9. The van der Waals surface area contributed by atoms with Crippen molar-refractivity contribution in [2.45, 2.75) is 17.4 Å². The fourth-order valence-corrected chi connectivity index (χ4v) is 4.91. The molecule has 3 aromatic carbocycles. The van der Waals surface area contributed by atoms with E-state index in [4.69, 9.17) is 0 Å². The normalized spacial score (nSPS) is 18.5. The quantitative estimate of drug-likeness (QED) is 0.747. The summed E-state index contributed by atoms with van der Waals surface area (Å²) >= 11 is 0. The summed E-state index contributed by atoms with van der Waals surface area (Å²) in [6.45, 7) is 0. The molecule has 0 radical (unpaired) electrons. The topological polar surface area (TPSA) is 57.6 Å². The van der Waals surface area contributed by atoms with Gasteiger partial charge in [0.15, 0.2) is 11.0 Å². The van der Waals surface area contributed by atoms with E-state index in [1.165, 1.54) is 0 Å². The first-order valence-electron chi connectivity index (χ1n) is 8.32. The zero-order valence-electron chi connectivity index (χ0n) is 13.9. The molecule has 1 aliphatic heterocycles. The second kappa shape index (κ2) is 6.77. The monoisotopic (exact) mass is 363 g/mol. The molecular formula is C21H17NO3S. The third kappa shape index (κ3) is 2.91. The number of hydrogen-bond donors (Lipinski definition) is 1. The van der Waals surface area contributed by atoms with E-state index in [9.17, 15) is 14.1 Å². The number of carboxylic acid groups (broad SMARTS) is 1. The van der Waals surface area contributed by atoms with Crippen LogP contribution in [0.2, 0.25) is 0 Å². The van der Waals surface area contributed by atoms with E-state index in [0.29, 0.717) is 4.90 Å². The van der Waals surface area contributed by atoms with Gasteiger partial charge in [-0.2, -0.15) is 0 Å². The molecule has 2 atom stereocenters. The maximum absolute atomic E-state index is 13.2. The summed E-state index contributed by atoms with van der Waals surface area (Å²) in [4.78, 5) is 12.1. The molecule has 0 aliphatic carbocycles. The van der Waals surface area contributed by atoms with Crippen LogP contribution in [0.3, 0.4) is 0 Å². The van der Waals surface area contributed by atoms with Crippen LogP contribution < -0.4 is 4.31 Å². The Morgan fingerprint density at radius 2 is 1.58 bits per heavy atom. The lowest BCUT2D eigenvalue weighted by atomic mass is 9.99. The summed E-state index contributed by atoms with van der Waals surface area (Å²) in [5.74, 6) is -0.909. The van der Waals surface area contributed by atoms with Crippen molar-refractivity contribution in [3.05, 3.63) is 84.4 Å². The van der Waals surface area contributed by atoms with Gasteiger partial charge < -0.3 is 5.11 Å². The predicted molar refractivity (Wildman–Crippen MR) is 102 cm³/mol. The molecule has 0 spiro atoms. The Kier molecular flexibility index (Phi) is 4.31. The number of carboxylic acids is 1. The van der Waals surface area contributed by atoms with E-state index in [1.807, 2.05) is 78.9 Å². The van der Waals surface area contributed by atoms with Gasteiger partial charge in [-0.3, -0.25) is 9.10 Å². The van der Waals surface area contributed by atoms with Crippen LogP contribution in [0.1, 0.15) is 18.0 Å². The van der Waals surface area contributed by atoms with Gasteiger partial charge in [0.1, 0.15) is 0 Å². The number of carbonyl (C=O) groups is 1. The molecule has 0 bridgehead atoms. The lowest BCUT2D eigenvalue weighted by Crippen LogP contribution is -2.25. The van der Waals surface area contributed by atoms with Crippen molar-refractivity contribution in [1.29, 1.82) is 0 Å². The molecule has 2 unspecified atom stereocenters. The SMILES string of the molecule is O=C(O)CC1c2ccc(-c3ccccc3)cc2S(=O)N1c1ccccc1. The molecule has 1 aliphatic rings. The number of hydrogen-bond acceptors (Lipinski definition) is 2. The Morgan fingerprint density at radius 3 is 2.23 bits per heavy atom. The Bertz CT molecular complexity index is 973. The van der Waals surface area contributed by atoms with Gasteiger partial charge in [-0.15, -0.1) is 0 Å². The van der Waals surface area contributed by atoms with Crippen molar-refractivity contribution in [1.82, 2.24) is 0 Å². The minimum absolute atomic E-state index is 0.0989. The molecular weight excluding hydrogens is 346 g/mol. The van der Waals surface area contributed by atoms with E-state index < -0.39 is 23.0 Å². The standard InChI is InChI=1S/C21H17NO3S/c23-21(24)14-19-18-12-11-16(15-7-3-1-4-8-15)13-20(18)26(25)22(19)17-9-5-2-6-10-17/h1-13,19H,14H2,(H,23,24). The number of para-hydroxylation sites is 1. The van der Waals surface area contributed by atoms with Crippen molar-refractivity contribution >= 4 is 22.6 Å². The Labute approximate surface area is 154 Å². The van der Waals surface area contributed by atoms with Gasteiger partial charge in [0.2, 0.25) is 0 Å². The maximum Gasteiger partial charge on any atom is 0.305 e. The minimum Gasteiger partial charge on any atom is -0.481 e. The number of aliphatic carboxylic acids is 1. The molecule has 5 heteroatoms. The lowest BCUT2D eigenvalue weighted by molar-refractivity contribution is -0.137. The van der Waals surface area contributed by atoms with Crippen molar-refractivity contribution in [3.8, 4) is 11.1 Å². The highest BCUT2D eigenvalue weighted by Gasteiger charge is 2.38. The third-order valence-electron chi connectivity index (χ3n) is 4.51. The fraction of sp³-hybridized carbons (Fsp3) is 0.0952. The first-order valence-corrected chi connectivity index (χ1v) is 9.43. The van der Waals surface area contributed by atoms with Gasteiger partial charge in [-0.25, -0.2) is 4.21 Å². The molecule has 1 N–H and O–H groups in total. The molecule has 0 aromatic heterocycles. The van der Waals surface area contributed by atoms with Crippen LogP contribution in [0.15, 0.2) is 83.8 Å². The number of nitrogens with zero attached hydrogens (tertiary/aromatic N) is 1. The predicted octanol–water partition coefficient (Wildman–Crippen LogP) is 4.41. The van der Waals surface area contributed by atoms with E-state index in [0.717, 1.165) is 22.4 Å². The fourth-order valence-electron chi connectivity index (χ4n) is 3.33. The molecule has 0 saturated heterocycles. The van der Waals surface area contributed by atoms with Crippen molar-refractivity contribution in [3.63, 3.8) is 0 Å². The van der Waals surface area contributed by atoms with Crippen molar-refractivity contribution in [2.24, 2.45) is 0 Å². The van der Waals surface area contributed by atoms with Crippen LogP contribution in [0.5, 0.6) is 0 Å². The van der Waals surface area contributed by atoms with E-state index >= 15 is 0 Å². The first kappa shape index (κ1) is 16.5. The zero-order valence-corrected chi connectivity index (χ0v) is 14.7. The molecule has 0 saturated carbocycles. The lowest BCUT2D eigenvalue weighted by Gasteiger charge is -2.24. The Morgan fingerprint density at radius 1 is 0.923 bits per heavy atom. The van der Waals surface area contributed by atoms with Crippen LogP contribution in [-0.4, -0.2) is 15.3 Å². The second-order valence-corrected chi connectivity index (χ2v) is 7.47. The van der Waals surface area contributed by atoms with Gasteiger partial charge in [0, 0.05) is 0 Å². The summed E-state index contributed by atoms with van der Waals surface area (Å²) in [6.07, 6.45) is -0.0989. The largest absolute Gasteiger partial charge is 0.481 e. The van der Waals surface area contributed by atoms with E-state index in [1.54, 1.807) is 4.31 Å². The molecule has 0 amide bonds. The van der Waals surface area contributed by atoms with Crippen LogP contribution in [0, 0.1) is 0 Å². The summed E-state index contributed by atoms with van der Waals surface area (Å²) in [5, 5.41) is 9.36. The van der Waals surface area contributed by atoms with Crippen molar-refractivity contribution in [2.75, 3.05) is 4.31 Å². The Balaban J connectivity index is 1.81. The maximum atomic E-state index is 13.2. The first-order chi connectivity index (χ1) is 12.6. The van der Waals surface area contributed by atoms with Gasteiger partial charge in [0.25, 0.3) is 0 Å². The molecule has 130 valence electrons. The zero-order chi connectivity index (χ0) is 18.1. The van der Waals surface area contributed by atoms with Crippen LogP contribution in [0.25, 0.3) is 11.1 Å². The molecule has 0 fully saturated rings. The summed E-state index contributed by atoms with van der Waals surface area (Å²) in [5.41, 5.74) is 3.59. The average Bonchev–Trinajstić information content (AvgIpc) is 2.94. The smallest absolute Gasteiger partial charge is 0.305 e. The summed E-state index contributed by atoms with van der Waals surface area (Å²) in [6, 6.07) is 24.6. The van der Waals surface area contributed by atoms with E-state index in [-0.39, 0.29) is 6.42 Å². The van der Waals surface area contributed by atoms with Gasteiger partial charge in [-0.1, -0.05) is 60.7 Å². The van der Waals surface area contributed by atoms with Gasteiger partial charge >= 0.3 is 5.97 Å². The highest BCUT2D eigenvalue weighted by molar-refractivity contribution is 7.87.